The van der Waals surface area contributed by atoms with Gasteiger partial charge in [-0.05, 0) is 23.7 Å². The molecule has 1 aliphatic rings. The molecule has 1 aromatic rings. The van der Waals surface area contributed by atoms with E-state index in [1.54, 1.807) is 7.11 Å². The van der Waals surface area contributed by atoms with Gasteiger partial charge in [0.15, 0.2) is 14.6 Å². The minimum absolute atomic E-state index is 0.156. The third-order valence-electron chi connectivity index (χ3n) is 5.21. The molecule has 0 N–H and O–H groups in total. The first-order valence-electron chi connectivity index (χ1n) is 8.82. The van der Waals surface area contributed by atoms with E-state index in [0.29, 0.717) is 13.2 Å². The Morgan fingerprint density at radius 3 is 2.36 bits per heavy atom. The Morgan fingerprint density at radius 1 is 1.16 bits per heavy atom. The standard InChI is InChI=1S/C20H32O4Si/c1-15-18(22-13-16-11-9-8-10-12-16)17(24-19(15)21-5)14-23-25(6,7)20(2,3)4/h8-12,17-19H,1,13-14H2,2-7H3/t17-,18+,19+/m1/s1. The number of benzene rings is 1. The van der Waals surface area contributed by atoms with Crippen LogP contribution in [0.5, 0.6) is 0 Å². The summed E-state index contributed by atoms with van der Waals surface area (Å²) in [6.45, 7) is 16.3. The molecule has 0 unspecified atom stereocenters. The lowest BCUT2D eigenvalue weighted by molar-refractivity contribution is -0.122. The van der Waals surface area contributed by atoms with Crippen molar-refractivity contribution in [2.45, 2.75) is 64.0 Å². The summed E-state index contributed by atoms with van der Waals surface area (Å²) in [6, 6.07) is 10.1. The van der Waals surface area contributed by atoms with Crippen LogP contribution in [0.1, 0.15) is 26.3 Å². The second kappa shape index (κ2) is 8.14. The lowest BCUT2D eigenvalue weighted by Gasteiger charge is -2.37. The number of hydrogen-bond acceptors (Lipinski definition) is 4. The molecule has 0 spiro atoms. The van der Waals surface area contributed by atoms with Gasteiger partial charge in [-0.3, -0.25) is 0 Å². The molecule has 0 saturated carbocycles. The molecule has 25 heavy (non-hydrogen) atoms. The summed E-state index contributed by atoms with van der Waals surface area (Å²) in [5.74, 6) is 0. The van der Waals surface area contributed by atoms with Crippen LogP contribution >= 0.6 is 0 Å². The lowest BCUT2D eigenvalue weighted by atomic mass is 10.1. The molecule has 0 radical (unpaired) electrons. The topological polar surface area (TPSA) is 36.9 Å². The van der Waals surface area contributed by atoms with E-state index < -0.39 is 14.6 Å². The first-order valence-corrected chi connectivity index (χ1v) is 11.7. The summed E-state index contributed by atoms with van der Waals surface area (Å²) >= 11 is 0. The summed E-state index contributed by atoms with van der Waals surface area (Å²) in [5.41, 5.74) is 1.95. The number of ether oxygens (including phenoxy) is 3. The zero-order chi connectivity index (χ0) is 18.7. The fourth-order valence-electron chi connectivity index (χ4n) is 2.51. The van der Waals surface area contributed by atoms with Gasteiger partial charge in [0.25, 0.3) is 0 Å². The molecule has 140 valence electrons. The molecule has 1 aromatic carbocycles. The summed E-state index contributed by atoms with van der Waals surface area (Å²) < 4.78 is 23.8. The maximum Gasteiger partial charge on any atom is 0.192 e. The van der Waals surface area contributed by atoms with Crippen LogP contribution in [0.15, 0.2) is 42.5 Å². The molecular weight excluding hydrogens is 332 g/mol. The molecule has 1 heterocycles. The summed E-state index contributed by atoms with van der Waals surface area (Å²) in [7, 11) is -0.223. The largest absolute Gasteiger partial charge is 0.414 e. The fraction of sp³-hybridized carbons (Fsp3) is 0.600. The van der Waals surface area contributed by atoms with Crippen LogP contribution in [0.25, 0.3) is 0 Å². The molecule has 0 aliphatic carbocycles. The maximum atomic E-state index is 6.34. The zero-order valence-corrected chi connectivity index (χ0v) is 17.4. The van der Waals surface area contributed by atoms with Crippen molar-refractivity contribution in [1.29, 1.82) is 0 Å². The van der Waals surface area contributed by atoms with Gasteiger partial charge in [-0.15, -0.1) is 0 Å². The van der Waals surface area contributed by atoms with Crippen molar-refractivity contribution in [2.24, 2.45) is 0 Å². The Morgan fingerprint density at radius 2 is 1.80 bits per heavy atom. The molecule has 3 atom stereocenters. The van der Waals surface area contributed by atoms with Crippen molar-refractivity contribution in [2.75, 3.05) is 13.7 Å². The molecule has 1 fully saturated rings. The summed E-state index contributed by atoms with van der Waals surface area (Å²) in [4.78, 5) is 0. The maximum absolute atomic E-state index is 6.34. The van der Waals surface area contributed by atoms with Gasteiger partial charge in [-0.1, -0.05) is 57.7 Å². The molecule has 2 rings (SSSR count). The van der Waals surface area contributed by atoms with E-state index in [-0.39, 0.29) is 17.2 Å². The first-order chi connectivity index (χ1) is 11.7. The third kappa shape index (κ3) is 5.02. The van der Waals surface area contributed by atoms with Crippen molar-refractivity contribution in [3.8, 4) is 0 Å². The van der Waals surface area contributed by atoms with Gasteiger partial charge in [0.1, 0.15) is 12.2 Å². The van der Waals surface area contributed by atoms with Crippen LogP contribution < -0.4 is 0 Å². The van der Waals surface area contributed by atoms with E-state index in [4.69, 9.17) is 18.6 Å². The van der Waals surface area contributed by atoms with Crippen LogP contribution in [0.3, 0.4) is 0 Å². The van der Waals surface area contributed by atoms with Crippen LogP contribution in [0, 0.1) is 0 Å². The average molecular weight is 365 g/mol. The van der Waals surface area contributed by atoms with Gasteiger partial charge in [0.2, 0.25) is 0 Å². The monoisotopic (exact) mass is 364 g/mol. The van der Waals surface area contributed by atoms with E-state index >= 15 is 0 Å². The van der Waals surface area contributed by atoms with E-state index in [9.17, 15) is 0 Å². The van der Waals surface area contributed by atoms with Crippen molar-refractivity contribution in [3.05, 3.63) is 48.0 Å². The molecule has 1 aliphatic heterocycles. The number of methoxy groups -OCH3 is 1. The number of hydrogen-bond donors (Lipinski definition) is 0. The smallest absolute Gasteiger partial charge is 0.192 e. The first kappa shape index (κ1) is 20.3. The second-order valence-electron chi connectivity index (χ2n) is 8.11. The molecule has 4 nitrogen and oxygen atoms in total. The second-order valence-corrected chi connectivity index (χ2v) is 12.9. The summed E-state index contributed by atoms with van der Waals surface area (Å²) in [5, 5.41) is 0.156. The van der Waals surface area contributed by atoms with Crippen molar-refractivity contribution in [1.82, 2.24) is 0 Å². The Labute approximate surface area is 153 Å². The van der Waals surface area contributed by atoms with Crippen LogP contribution in [-0.2, 0) is 25.2 Å². The minimum atomic E-state index is -1.85. The van der Waals surface area contributed by atoms with Crippen LogP contribution in [0.4, 0.5) is 0 Å². The molecule has 0 bridgehead atoms. The highest BCUT2D eigenvalue weighted by Crippen LogP contribution is 2.38. The van der Waals surface area contributed by atoms with E-state index in [0.717, 1.165) is 11.1 Å². The van der Waals surface area contributed by atoms with Crippen molar-refractivity contribution >= 4 is 8.32 Å². The van der Waals surface area contributed by atoms with Gasteiger partial charge < -0.3 is 18.6 Å². The van der Waals surface area contributed by atoms with Gasteiger partial charge in [-0.2, -0.15) is 0 Å². The Kier molecular flexibility index (Phi) is 6.62. The van der Waals surface area contributed by atoms with E-state index in [2.05, 4.69) is 40.4 Å². The van der Waals surface area contributed by atoms with Crippen molar-refractivity contribution < 1.29 is 18.6 Å². The quantitative estimate of drug-likeness (QED) is 0.526. The predicted molar refractivity (Wildman–Crippen MR) is 103 cm³/mol. The summed E-state index contributed by atoms with van der Waals surface area (Å²) in [6.07, 6.45) is -0.862. The minimum Gasteiger partial charge on any atom is -0.414 e. The van der Waals surface area contributed by atoms with Gasteiger partial charge in [0.05, 0.1) is 13.2 Å². The predicted octanol–water partition coefficient (Wildman–Crippen LogP) is 4.52. The van der Waals surface area contributed by atoms with Gasteiger partial charge >= 0.3 is 0 Å². The highest BCUT2D eigenvalue weighted by atomic mass is 28.4. The molecule has 5 heteroatoms. The molecule has 0 amide bonds. The average Bonchev–Trinajstić information content (AvgIpc) is 2.86. The highest BCUT2D eigenvalue weighted by Gasteiger charge is 2.43. The van der Waals surface area contributed by atoms with Gasteiger partial charge in [0, 0.05) is 12.7 Å². The Bertz CT molecular complexity index is 565. The number of rotatable bonds is 7. The van der Waals surface area contributed by atoms with Crippen molar-refractivity contribution in [3.63, 3.8) is 0 Å². The van der Waals surface area contributed by atoms with Crippen LogP contribution in [0.2, 0.25) is 18.1 Å². The zero-order valence-electron chi connectivity index (χ0n) is 16.4. The third-order valence-corrected chi connectivity index (χ3v) is 9.71. The molecule has 1 saturated heterocycles. The normalized spacial score (nSPS) is 24.7. The highest BCUT2D eigenvalue weighted by molar-refractivity contribution is 6.74. The molecule has 0 aromatic heterocycles. The Hall–Kier alpha value is -0.983. The van der Waals surface area contributed by atoms with E-state index in [1.165, 1.54) is 0 Å². The lowest BCUT2D eigenvalue weighted by Crippen LogP contribution is -2.44. The van der Waals surface area contributed by atoms with E-state index in [1.807, 2.05) is 30.3 Å². The Balaban J connectivity index is 2.02. The van der Waals surface area contributed by atoms with Gasteiger partial charge in [-0.25, -0.2) is 0 Å². The SMILES string of the molecule is C=C1[C@@H](OC)O[C@H](CO[Si](C)(C)C(C)(C)C)[C@H]1OCc1ccccc1. The molecular formula is C20H32O4Si. The van der Waals surface area contributed by atoms with Crippen LogP contribution in [-0.4, -0.2) is 40.5 Å². The fourth-order valence-corrected chi connectivity index (χ4v) is 3.52.